The van der Waals surface area contributed by atoms with E-state index in [1.165, 1.54) is 35.5 Å². The number of hydrogen-bond donors (Lipinski definition) is 5. The summed E-state index contributed by atoms with van der Waals surface area (Å²) in [7, 11) is 14.5. The summed E-state index contributed by atoms with van der Waals surface area (Å²) in [6.45, 7) is 12.4. The van der Waals surface area contributed by atoms with Crippen LogP contribution in [0.5, 0.6) is 0 Å². The van der Waals surface area contributed by atoms with Gasteiger partial charge < -0.3 is 86.8 Å². The predicted molar refractivity (Wildman–Crippen MR) is 559 cm³/mol. The number of nitrogens with one attached hydrogen (secondary N) is 3. The number of hydrogen-bond acceptors (Lipinski definition) is 36. The van der Waals surface area contributed by atoms with Crippen molar-refractivity contribution in [2.45, 2.75) is 59.0 Å². The zero-order chi connectivity index (χ0) is 97.0. The molecule has 141 heavy (non-hydrogen) atoms. The van der Waals surface area contributed by atoms with Crippen LogP contribution < -0.4 is 84.0 Å². The van der Waals surface area contributed by atoms with Crippen LogP contribution >= 0.6 is 120 Å². The average molecular weight is 2140 g/mol. The largest absolute Gasteiger partial charge is 1.00 e. The van der Waals surface area contributed by atoms with Gasteiger partial charge in [0.2, 0.25) is 11.1 Å². The molecule has 15 rings (SSSR count). The van der Waals surface area contributed by atoms with Crippen molar-refractivity contribution in [1.29, 1.82) is 0 Å². The molecule has 738 valence electrons. The van der Waals surface area contributed by atoms with Crippen molar-refractivity contribution >= 4 is 237 Å². The number of aromatic nitrogens is 4. The fourth-order valence-corrected chi connectivity index (χ4v) is 20.6. The molecule has 45 heteroatoms. The minimum atomic E-state index is -0.337. The molecule has 0 saturated carbocycles. The Labute approximate surface area is 902 Å². The third kappa shape index (κ3) is 44.7. The van der Waals surface area contributed by atoms with Crippen LogP contribution in [0.25, 0.3) is 40.9 Å². The number of halogens is 2. The number of carbonyl (C=O) groups is 8. The molecule has 4 aromatic heterocycles. The summed E-state index contributed by atoms with van der Waals surface area (Å²) in [4.78, 5) is 122. The van der Waals surface area contributed by atoms with Crippen LogP contribution in [-0.4, -0.2) is 258 Å². The standard InChI is InChI=1S/C23H26N4O4S2.C20H21N3O3S2.C19H19N3O2S2.C16H14N2O2S2.C9H9BrO2.C6H14N2O.C3H5ClO.3Li.3H2O/c1-30-21(28)17-4-2-16(3-5-17)15-32-23-26-19-7-6-18(14-20(19)33-23)25-22(29)24-8-9-27-10-12-31-13-11-27;1-23(2)11-18(24)21-15-8-9-16-17(10-15)28-20(22-16)27-12-13-4-6-14(7-5-13)19(25)26-3;1-22(2)12-20-15-8-9-16-17(10-15)26-19(21-16)25-11-13-4-6-14(7-5-13)18(23)24-3;1-20-15(19)11-4-2-10(3-5-11)9-21-16-18-13-7-6-12(17)8-14(13)22-16;1-12-9(11)8-4-2-7(6-10)3-5-8;7-1-2-8-3-5-9-6-4-8;1-2-3(4)5;;;;;;/h2-7,14H,8-13,15H2,1H3,(H2,24,25,29);4-10H,11-12H2,1-3H3,(H,21,24);4-10,12H,11H2,1-3H3;2-8H,9,17H2,1H3;2-5H,6H2,1H3;1-7H2;2H2,1H3;;;;3*1H2/q;;;;;;;3*+1;;;/p-3. The number of thioether (sulfide) groups is 4. The van der Waals surface area contributed by atoms with E-state index in [0.29, 0.717) is 47.3 Å². The Morgan fingerprint density at radius 3 is 1.09 bits per heavy atom. The van der Waals surface area contributed by atoms with Crippen molar-refractivity contribution in [3.8, 4) is 0 Å². The van der Waals surface area contributed by atoms with Gasteiger partial charge in [0.05, 0.1) is 149 Å². The summed E-state index contributed by atoms with van der Waals surface area (Å²) in [5, 5.41) is 9.24. The minimum Gasteiger partial charge on any atom is -0.870 e. The molecule has 2 fully saturated rings. The van der Waals surface area contributed by atoms with Crippen LogP contribution in [0.1, 0.15) is 93.0 Å². The summed E-state index contributed by atoms with van der Waals surface area (Å²) in [5.74, 6) is 1.46. The van der Waals surface area contributed by atoms with Crippen LogP contribution in [0.15, 0.2) is 216 Å². The molecule has 0 aliphatic carbocycles. The molecule has 2 saturated heterocycles. The van der Waals surface area contributed by atoms with Crippen molar-refractivity contribution in [1.82, 2.24) is 44.9 Å². The van der Waals surface area contributed by atoms with E-state index in [2.05, 4.69) is 82.1 Å². The molecular formula is C96H111BrClLi3N14O18S8. The topological polar surface area (TPSA) is 456 Å². The zero-order valence-electron chi connectivity index (χ0n) is 80.7. The van der Waals surface area contributed by atoms with Crippen LogP contribution in [0.4, 0.5) is 27.5 Å². The van der Waals surface area contributed by atoms with Gasteiger partial charge in [0.1, 0.15) is 0 Å². The van der Waals surface area contributed by atoms with Gasteiger partial charge in [0.25, 0.3) is 0 Å². The number of fused-ring (bicyclic) bond motifs is 4. The van der Waals surface area contributed by atoms with Crippen molar-refractivity contribution in [2.24, 2.45) is 10.7 Å². The monoisotopic (exact) mass is 2140 g/mol. The summed E-state index contributed by atoms with van der Waals surface area (Å²) in [6, 6.07) is 60.0. The van der Waals surface area contributed by atoms with Crippen LogP contribution in [0.2, 0.25) is 0 Å². The SMILES string of the molecule is CCC(=O)Cl.COC(=O)c1ccc(CBr)cc1.COC(=O)c1ccc(CSc2nc3ccc(N)cc3s2)cc1.COC(=O)c1ccc(CSc2nc3ccc(N=CN(C)C)cc3s2)cc1.COC(=O)c1ccc(CSc2nc3ccc(NC(=O)CN(C)C)cc3s2)cc1.COC(=O)c1ccc(CSc2nc3ccc(NC(=O)NCCN4CCOCC4)cc3s2)cc1.NCCN1CCOCC1.[Li+].[Li+].[Li+].[OH-].[OH-].[OH-]. The van der Waals surface area contributed by atoms with Gasteiger partial charge in [0, 0.05) is 118 Å². The normalized spacial score (nSPS) is 11.8. The third-order valence-corrected chi connectivity index (χ3v) is 28.9. The number of morpholine rings is 2. The second-order valence-electron chi connectivity index (χ2n) is 29.7. The molecule has 2 aliphatic heterocycles. The Balaban J connectivity index is 0.000000441. The first-order chi connectivity index (χ1) is 65.2. The number of likely N-dealkylation sites (N-methyl/N-ethyl adjacent to an activating group) is 1. The smallest absolute Gasteiger partial charge is 0.870 e. The van der Waals surface area contributed by atoms with Gasteiger partial charge in [-0.25, -0.2) is 53.7 Å². The number of amides is 3. The number of rotatable bonds is 30. The van der Waals surface area contributed by atoms with Crippen molar-refractivity contribution in [2.75, 3.05) is 165 Å². The molecule has 0 bridgehead atoms. The molecule has 6 heterocycles. The van der Waals surface area contributed by atoms with E-state index < -0.39 is 0 Å². The Hall–Kier alpha value is -8.83. The number of nitrogens with zero attached hydrogens (tertiary/aromatic N) is 9. The van der Waals surface area contributed by atoms with Gasteiger partial charge in [-0.1, -0.05) is 131 Å². The molecule has 10 N–H and O–H groups in total. The maximum atomic E-state index is 12.2. The summed E-state index contributed by atoms with van der Waals surface area (Å²) in [5.41, 5.74) is 26.5. The predicted octanol–water partition coefficient (Wildman–Crippen LogP) is 9.55. The number of esters is 5. The maximum absolute atomic E-state index is 12.2. The molecular weight excluding hydrogens is 2030 g/mol. The first kappa shape index (κ1) is 126. The quantitative estimate of drug-likeness (QED) is 0.00322. The van der Waals surface area contributed by atoms with Gasteiger partial charge >= 0.3 is 92.5 Å². The molecule has 0 spiro atoms. The first-order valence-corrected chi connectivity index (χ1v) is 50.9. The number of methoxy groups -OCH3 is 5. The Morgan fingerprint density at radius 1 is 0.461 bits per heavy atom. The molecule has 2 aliphatic rings. The van der Waals surface area contributed by atoms with Gasteiger partial charge in [-0.15, -0.1) is 45.3 Å². The minimum absolute atomic E-state index is 0. The Kier molecular flexibility index (Phi) is 61.3. The number of carbonyl (C=O) groups excluding carboxylic acids is 8. The summed E-state index contributed by atoms with van der Waals surface area (Å²) >= 11 is 21.3. The fraction of sp³-hybridized carbons (Fsp3) is 0.302. The van der Waals surface area contributed by atoms with Crippen molar-refractivity contribution in [3.05, 3.63) is 250 Å². The van der Waals surface area contributed by atoms with E-state index in [1.54, 1.807) is 166 Å². The number of thiazole rings is 4. The number of urea groups is 1. The number of ether oxygens (including phenoxy) is 7. The summed E-state index contributed by atoms with van der Waals surface area (Å²) < 4.78 is 42.1. The molecule has 32 nitrogen and oxygen atoms in total. The van der Waals surface area contributed by atoms with E-state index in [-0.39, 0.29) is 120 Å². The number of anilines is 3. The van der Waals surface area contributed by atoms with E-state index in [9.17, 15) is 38.4 Å². The molecule has 0 unspecified atom stereocenters. The van der Waals surface area contributed by atoms with Gasteiger partial charge in [-0.2, -0.15) is 0 Å². The van der Waals surface area contributed by atoms with E-state index >= 15 is 0 Å². The van der Waals surface area contributed by atoms with Gasteiger partial charge in [0.15, 0.2) is 17.4 Å². The maximum Gasteiger partial charge on any atom is 1.00 e. The van der Waals surface area contributed by atoms with Gasteiger partial charge in [-0.3, -0.25) is 19.4 Å². The molecule has 9 aromatic carbocycles. The number of nitrogens with two attached hydrogens (primary N) is 2. The van der Waals surface area contributed by atoms with E-state index in [0.717, 1.165) is 209 Å². The number of nitrogen functional groups attached to an aromatic ring is 1. The number of alkyl halides is 1. The fourth-order valence-electron chi connectivity index (χ4n) is 12.0. The number of benzene rings is 9. The third-order valence-electron chi connectivity index (χ3n) is 19.0. The molecule has 3 amide bonds. The van der Waals surface area contributed by atoms with Crippen molar-refractivity contribution < 1.29 is 145 Å². The van der Waals surface area contributed by atoms with Gasteiger partial charge in [-0.05, 0) is 187 Å². The van der Waals surface area contributed by atoms with E-state index in [4.69, 9.17) is 46.8 Å². The van der Waals surface area contributed by atoms with E-state index in [1.807, 2.05) is 165 Å². The van der Waals surface area contributed by atoms with Crippen LogP contribution in [0.3, 0.4) is 0 Å². The van der Waals surface area contributed by atoms with Crippen LogP contribution in [0, 0.1) is 0 Å². The van der Waals surface area contributed by atoms with Crippen LogP contribution in [-0.2, 0) is 71.1 Å². The Bertz CT molecular complexity index is 6030. The second-order valence-corrected chi connectivity index (χ2v) is 39.7. The molecule has 0 radical (unpaired) electrons. The second kappa shape index (κ2) is 68.5. The summed E-state index contributed by atoms with van der Waals surface area (Å²) in [6.07, 6.45) is 2.22. The Morgan fingerprint density at radius 2 is 0.773 bits per heavy atom. The zero-order valence-corrected chi connectivity index (χ0v) is 89.5. The molecule has 13 aromatic rings. The molecule has 0 atom stereocenters. The van der Waals surface area contributed by atoms with Crippen molar-refractivity contribution in [3.63, 3.8) is 0 Å². The first-order valence-electron chi connectivity index (χ1n) is 42.2. The number of aliphatic imine (C=N–C) groups is 1. The average Bonchev–Trinajstić information content (AvgIpc) is 1.70.